The number of nitriles is 1. The smallest absolute Gasteiger partial charge is 0.165 e. The Morgan fingerprint density at radius 1 is 1.44 bits per heavy atom. The van der Waals surface area contributed by atoms with Crippen LogP contribution >= 0.6 is 11.3 Å². The first kappa shape index (κ1) is 12.4. The maximum absolute atomic E-state index is 8.86. The molecule has 2 rings (SSSR count). The summed E-state index contributed by atoms with van der Waals surface area (Å²) in [6, 6.07) is 7.60. The summed E-state index contributed by atoms with van der Waals surface area (Å²) in [6.07, 6.45) is 1.03. The van der Waals surface area contributed by atoms with Crippen LogP contribution in [0.3, 0.4) is 0 Å². The van der Waals surface area contributed by atoms with Crippen molar-refractivity contribution in [1.29, 1.82) is 5.26 Å². The number of thiophene rings is 1. The van der Waals surface area contributed by atoms with Gasteiger partial charge in [-0.1, -0.05) is 6.92 Å². The van der Waals surface area contributed by atoms with Crippen molar-refractivity contribution in [2.75, 3.05) is 11.1 Å². The fourth-order valence-electron chi connectivity index (χ4n) is 1.67. The van der Waals surface area contributed by atoms with Crippen LogP contribution in [0.2, 0.25) is 0 Å². The normalized spacial score (nSPS) is 10.0. The third-order valence-corrected chi connectivity index (χ3v) is 3.64. The predicted molar refractivity (Wildman–Crippen MR) is 74.4 cm³/mol. The second kappa shape index (κ2) is 5.52. The Morgan fingerprint density at radius 2 is 2.28 bits per heavy atom. The molecular weight excluding hydrogens is 244 g/mol. The van der Waals surface area contributed by atoms with Crippen LogP contribution in [0.15, 0.2) is 23.6 Å². The van der Waals surface area contributed by atoms with E-state index in [4.69, 9.17) is 11.0 Å². The molecule has 0 atom stereocenters. The number of aryl methyl sites for hydroxylation is 1. The average molecular weight is 258 g/mol. The lowest BCUT2D eigenvalue weighted by atomic mass is 10.2. The number of nitrogens with zero attached hydrogens (tertiary/aromatic N) is 2. The van der Waals surface area contributed by atoms with E-state index in [-0.39, 0.29) is 5.69 Å². The highest BCUT2D eigenvalue weighted by Crippen LogP contribution is 2.19. The lowest BCUT2D eigenvalue weighted by Crippen LogP contribution is -2.03. The van der Waals surface area contributed by atoms with Crippen molar-refractivity contribution in [3.8, 4) is 6.07 Å². The van der Waals surface area contributed by atoms with Crippen LogP contribution in [0.1, 0.15) is 23.1 Å². The van der Waals surface area contributed by atoms with Crippen molar-refractivity contribution in [3.63, 3.8) is 0 Å². The number of aromatic nitrogens is 1. The van der Waals surface area contributed by atoms with E-state index in [1.807, 2.05) is 6.07 Å². The number of nitrogen functional groups attached to an aromatic ring is 1. The molecule has 0 amide bonds. The van der Waals surface area contributed by atoms with E-state index in [2.05, 4.69) is 28.7 Å². The maximum Gasteiger partial charge on any atom is 0.165 e. The summed E-state index contributed by atoms with van der Waals surface area (Å²) in [7, 11) is 0. The van der Waals surface area contributed by atoms with Crippen LogP contribution in [0.25, 0.3) is 0 Å². The van der Waals surface area contributed by atoms with E-state index in [1.54, 1.807) is 23.5 Å². The number of pyridine rings is 1. The zero-order chi connectivity index (χ0) is 13.0. The van der Waals surface area contributed by atoms with Gasteiger partial charge in [-0.3, -0.25) is 0 Å². The summed E-state index contributed by atoms with van der Waals surface area (Å²) >= 11 is 1.73. The van der Waals surface area contributed by atoms with E-state index in [0.29, 0.717) is 11.5 Å². The Bertz CT molecular complexity index is 583. The topological polar surface area (TPSA) is 74.7 Å². The molecule has 0 saturated heterocycles. The first-order chi connectivity index (χ1) is 8.74. The summed E-state index contributed by atoms with van der Waals surface area (Å²) in [5.41, 5.74) is 7.65. The van der Waals surface area contributed by atoms with Crippen LogP contribution in [-0.4, -0.2) is 4.98 Å². The molecular formula is C13H14N4S. The second-order valence-corrected chi connectivity index (χ2v) is 4.82. The molecule has 0 aliphatic heterocycles. The predicted octanol–water partition coefficient (Wildman–Crippen LogP) is 2.77. The van der Waals surface area contributed by atoms with Crippen LogP contribution in [0.5, 0.6) is 0 Å². The third kappa shape index (κ3) is 2.60. The summed E-state index contributed by atoms with van der Waals surface area (Å²) in [6.45, 7) is 2.86. The van der Waals surface area contributed by atoms with E-state index in [0.717, 1.165) is 13.0 Å². The molecule has 4 nitrogen and oxygen atoms in total. The molecule has 2 heterocycles. The van der Waals surface area contributed by atoms with Gasteiger partial charge in [0.15, 0.2) is 5.69 Å². The molecule has 2 aromatic heterocycles. The van der Waals surface area contributed by atoms with Gasteiger partial charge >= 0.3 is 0 Å². The van der Waals surface area contributed by atoms with Gasteiger partial charge in [-0.25, -0.2) is 4.98 Å². The van der Waals surface area contributed by atoms with Crippen molar-refractivity contribution in [2.24, 2.45) is 0 Å². The molecule has 0 aromatic carbocycles. The minimum absolute atomic E-state index is 0.266. The van der Waals surface area contributed by atoms with Crippen molar-refractivity contribution < 1.29 is 0 Å². The van der Waals surface area contributed by atoms with Gasteiger partial charge in [0.1, 0.15) is 11.9 Å². The number of hydrogen-bond acceptors (Lipinski definition) is 5. The Morgan fingerprint density at radius 3 is 3.00 bits per heavy atom. The van der Waals surface area contributed by atoms with Gasteiger partial charge in [0, 0.05) is 4.88 Å². The summed E-state index contributed by atoms with van der Waals surface area (Å²) in [5.74, 6) is 0.677. The highest BCUT2D eigenvalue weighted by atomic mass is 32.1. The minimum Gasteiger partial charge on any atom is -0.396 e. The van der Waals surface area contributed by atoms with E-state index >= 15 is 0 Å². The largest absolute Gasteiger partial charge is 0.396 e. The van der Waals surface area contributed by atoms with Gasteiger partial charge in [-0.05, 0) is 35.6 Å². The minimum atomic E-state index is 0.266. The fourth-order valence-corrected chi connectivity index (χ4v) is 2.58. The third-order valence-electron chi connectivity index (χ3n) is 2.68. The molecule has 0 unspecified atom stereocenters. The summed E-state index contributed by atoms with van der Waals surface area (Å²) in [5, 5.41) is 14.2. The quantitative estimate of drug-likeness (QED) is 0.884. The standard InChI is InChI=1S/C13H14N4S/c1-2-9-5-6-18-12(9)8-16-13-4-3-10(15)11(7-14)17-13/h3-6H,2,8,15H2,1H3,(H,16,17). The number of nitrogens with one attached hydrogen (secondary N) is 1. The van der Waals surface area contributed by atoms with Gasteiger partial charge in [0.25, 0.3) is 0 Å². The van der Waals surface area contributed by atoms with Gasteiger partial charge < -0.3 is 11.1 Å². The van der Waals surface area contributed by atoms with Gasteiger partial charge in [-0.2, -0.15) is 5.26 Å². The molecule has 5 heteroatoms. The lowest BCUT2D eigenvalue weighted by Gasteiger charge is -2.06. The Balaban J connectivity index is 2.09. The SMILES string of the molecule is CCc1ccsc1CNc1ccc(N)c(C#N)n1. The number of anilines is 2. The molecule has 0 aliphatic carbocycles. The summed E-state index contributed by atoms with van der Waals surface area (Å²) in [4.78, 5) is 5.45. The Labute approximate surface area is 110 Å². The van der Waals surface area contributed by atoms with E-state index < -0.39 is 0 Å². The Hall–Kier alpha value is -2.06. The van der Waals surface area contributed by atoms with Crippen molar-refractivity contribution in [1.82, 2.24) is 4.98 Å². The molecule has 0 radical (unpaired) electrons. The zero-order valence-corrected chi connectivity index (χ0v) is 10.9. The number of rotatable bonds is 4. The molecule has 0 aliphatic rings. The van der Waals surface area contributed by atoms with Crippen LogP contribution < -0.4 is 11.1 Å². The highest BCUT2D eigenvalue weighted by molar-refractivity contribution is 7.10. The van der Waals surface area contributed by atoms with Gasteiger partial charge in [-0.15, -0.1) is 11.3 Å². The van der Waals surface area contributed by atoms with Crippen molar-refractivity contribution >= 4 is 22.8 Å². The molecule has 92 valence electrons. The summed E-state index contributed by atoms with van der Waals surface area (Å²) < 4.78 is 0. The highest BCUT2D eigenvalue weighted by Gasteiger charge is 2.04. The van der Waals surface area contributed by atoms with Gasteiger partial charge in [0.05, 0.1) is 12.2 Å². The van der Waals surface area contributed by atoms with E-state index in [9.17, 15) is 0 Å². The van der Waals surface area contributed by atoms with Crippen LogP contribution in [-0.2, 0) is 13.0 Å². The molecule has 0 saturated carbocycles. The average Bonchev–Trinajstić information content (AvgIpc) is 2.85. The molecule has 0 spiro atoms. The first-order valence-electron chi connectivity index (χ1n) is 5.70. The van der Waals surface area contributed by atoms with Crippen LogP contribution in [0, 0.1) is 11.3 Å². The number of nitrogens with two attached hydrogens (primary N) is 1. The molecule has 3 N–H and O–H groups in total. The van der Waals surface area contributed by atoms with Crippen molar-refractivity contribution in [2.45, 2.75) is 19.9 Å². The second-order valence-electron chi connectivity index (χ2n) is 3.82. The van der Waals surface area contributed by atoms with Crippen molar-refractivity contribution in [3.05, 3.63) is 39.7 Å². The lowest BCUT2D eigenvalue weighted by molar-refractivity contribution is 1.06. The van der Waals surface area contributed by atoms with Crippen LogP contribution in [0.4, 0.5) is 11.5 Å². The first-order valence-corrected chi connectivity index (χ1v) is 6.58. The molecule has 0 fully saturated rings. The zero-order valence-electron chi connectivity index (χ0n) is 10.1. The maximum atomic E-state index is 8.86. The molecule has 0 bridgehead atoms. The van der Waals surface area contributed by atoms with Gasteiger partial charge in [0.2, 0.25) is 0 Å². The molecule has 18 heavy (non-hydrogen) atoms. The Kier molecular flexibility index (Phi) is 3.80. The molecule has 2 aromatic rings. The number of hydrogen-bond donors (Lipinski definition) is 2. The monoisotopic (exact) mass is 258 g/mol. The van der Waals surface area contributed by atoms with E-state index in [1.165, 1.54) is 10.4 Å². The fraction of sp³-hybridized carbons (Fsp3) is 0.231.